The van der Waals surface area contributed by atoms with E-state index in [0.29, 0.717) is 5.84 Å². The Hall–Kier alpha value is -4.97. The average molecular weight is 638 g/mol. The van der Waals surface area contributed by atoms with Gasteiger partial charge in [-0.15, -0.1) is 5.10 Å². The second kappa shape index (κ2) is 13.1. The largest absolute Gasteiger partial charge is 0.382 e. The van der Waals surface area contributed by atoms with Crippen LogP contribution in [0.15, 0.2) is 169 Å². The highest BCUT2D eigenvalue weighted by molar-refractivity contribution is 9.08. The molecule has 0 saturated heterocycles. The van der Waals surface area contributed by atoms with Crippen molar-refractivity contribution in [3.63, 3.8) is 0 Å². The van der Waals surface area contributed by atoms with Crippen LogP contribution in [-0.2, 0) is 10.9 Å². The minimum Gasteiger partial charge on any atom is -0.382 e. The van der Waals surface area contributed by atoms with Crippen molar-refractivity contribution in [2.75, 3.05) is 0 Å². The fourth-order valence-corrected chi connectivity index (χ4v) is 6.14. The molecule has 0 aromatic heterocycles. The highest BCUT2D eigenvalue weighted by atomic mass is 79.9. The van der Waals surface area contributed by atoms with Crippen LogP contribution in [0.5, 0.6) is 0 Å². The molecule has 0 aliphatic carbocycles. The summed E-state index contributed by atoms with van der Waals surface area (Å²) in [5, 5.41) is 7.28. The topological polar surface area (TPSA) is 67.6 Å². The van der Waals surface area contributed by atoms with Crippen molar-refractivity contribution < 1.29 is 0 Å². The van der Waals surface area contributed by atoms with Gasteiger partial charge in [0.25, 0.3) is 0 Å². The van der Waals surface area contributed by atoms with Gasteiger partial charge in [0.05, 0.1) is 0 Å². The van der Waals surface area contributed by atoms with Gasteiger partial charge in [0.15, 0.2) is 5.84 Å². The van der Waals surface area contributed by atoms with Crippen LogP contribution >= 0.6 is 15.9 Å². The Kier molecular flexibility index (Phi) is 8.69. The van der Waals surface area contributed by atoms with Crippen molar-refractivity contribution in [3.8, 4) is 22.3 Å². The first kappa shape index (κ1) is 29.1. The summed E-state index contributed by atoms with van der Waals surface area (Å²) in [4.78, 5) is 0. The molecule has 0 unspecified atom stereocenters. The van der Waals surface area contributed by atoms with Gasteiger partial charge < -0.3 is 5.73 Å². The van der Waals surface area contributed by atoms with E-state index in [9.17, 15) is 0 Å². The number of nitrogens with two attached hydrogens (primary N) is 2. The molecule has 216 valence electrons. The molecule has 44 heavy (non-hydrogen) atoms. The van der Waals surface area contributed by atoms with E-state index in [1.54, 1.807) is 0 Å². The van der Waals surface area contributed by atoms with E-state index in [0.717, 1.165) is 49.8 Å². The summed E-state index contributed by atoms with van der Waals surface area (Å²) in [5.41, 5.74) is 15.2. The highest BCUT2D eigenvalue weighted by Gasteiger charge is 2.41. The summed E-state index contributed by atoms with van der Waals surface area (Å²) < 4.78 is 0. The van der Waals surface area contributed by atoms with E-state index in [4.69, 9.17) is 16.7 Å². The fraction of sp³-hybridized carbons (Fsp3) is 0.0513. The first-order valence-electron chi connectivity index (χ1n) is 14.5. The lowest BCUT2D eigenvalue weighted by Crippen LogP contribution is -2.50. The number of hydrazine groups is 1. The van der Waals surface area contributed by atoms with Crippen LogP contribution in [0.2, 0.25) is 0 Å². The summed E-state index contributed by atoms with van der Waals surface area (Å²) in [6.07, 6.45) is 0. The molecule has 6 aromatic carbocycles. The molecule has 0 atom stereocenters. The molecule has 0 heterocycles. The van der Waals surface area contributed by atoms with E-state index in [1.807, 2.05) is 78.9 Å². The predicted octanol–water partition coefficient (Wildman–Crippen LogP) is 8.70. The first-order valence-corrected chi connectivity index (χ1v) is 15.6. The molecular formula is C39H33BrN4. The standard InChI is InChI=1S/C39H33BrN4/c40-28-29-21-23-31(24-22-29)37-27-32(30-13-5-1-6-14-30)25-26-36(37)38(41)43-44(42)39(33-15-7-2-8-16-33,34-17-9-3-10-18-34)35-19-11-4-12-20-35/h1-27H,28,42H2,(H2,41,43). The third kappa shape index (κ3) is 5.68. The molecule has 0 radical (unpaired) electrons. The molecule has 0 saturated carbocycles. The van der Waals surface area contributed by atoms with Gasteiger partial charge in [0, 0.05) is 10.9 Å². The normalized spacial score (nSPS) is 11.7. The van der Waals surface area contributed by atoms with Crippen LogP contribution in [0.1, 0.15) is 27.8 Å². The number of rotatable bonds is 9. The zero-order valence-corrected chi connectivity index (χ0v) is 25.8. The Labute approximate surface area is 267 Å². The van der Waals surface area contributed by atoms with Crippen molar-refractivity contribution in [1.82, 2.24) is 5.12 Å². The van der Waals surface area contributed by atoms with Crippen molar-refractivity contribution in [3.05, 3.63) is 192 Å². The lowest BCUT2D eigenvalue weighted by Gasteiger charge is -2.41. The molecule has 0 aliphatic rings. The summed E-state index contributed by atoms with van der Waals surface area (Å²) in [5.74, 6) is 7.41. The van der Waals surface area contributed by atoms with Crippen molar-refractivity contribution in [1.29, 1.82) is 0 Å². The monoisotopic (exact) mass is 636 g/mol. The van der Waals surface area contributed by atoms with Gasteiger partial charge >= 0.3 is 0 Å². The van der Waals surface area contributed by atoms with Gasteiger partial charge in [0.1, 0.15) is 5.54 Å². The van der Waals surface area contributed by atoms with Crippen molar-refractivity contribution in [2.24, 2.45) is 16.7 Å². The van der Waals surface area contributed by atoms with Gasteiger partial charge in [-0.2, -0.15) is 0 Å². The van der Waals surface area contributed by atoms with Gasteiger partial charge in [-0.1, -0.05) is 168 Å². The summed E-state index contributed by atoms with van der Waals surface area (Å²) in [6.45, 7) is 0. The Balaban J connectivity index is 1.54. The number of hydrazone groups is 1. The lowest BCUT2D eigenvalue weighted by atomic mass is 9.77. The molecular weight excluding hydrogens is 604 g/mol. The van der Waals surface area contributed by atoms with Crippen LogP contribution in [-0.4, -0.2) is 11.0 Å². The minimum atomic E-state index is -0.948. The Morgan fingerprint density at radius 2 is 1.02 bits per heavy atom. The number of amidine groups is 1. The van der Waals surface area contributed by atoms with Crippen LogP contribution in [0.25, 0.3) is 22.3 Å². The predicted molar refractivity (Wildman–Crippen MR) is 186 cm³/mol. The molecule has 6 rings (SSSR count). The third-order valence-corrected chi connectivity index (χ3v) is 8.60. The van der Waals surface area contributed by atoms with Gasteiger partial charge in [-0.25, -0.2) is 11.0 Å². The lowest BCUT2D eigenvalue weighted by molar-refractivity contribution is 0.167. The maximum absolute atomic E-state index is 7.10. The summed E-state index contributed by atoms with van der Waals surface area (Å²) in [7, 11) is 0. The second-order valence-electron chi connectivity index (χ2n) is 10.6. The van der Waals surface area contributed by atoms with E-state index < -0.39 is 5.54 Å². The quantitative estimate of drug-likeness (QED) is 0.0416. The molecule has 4 N–H and O–H groups in total. The van der Waals surface area contributed by atoms with Gasteiger partial charge in [-0.05, 0) is 56.6 Å². The number of hydrogen-bond donors (Lipinski definition) is 2. The molecule has 0 fully saturated rings. The fourth-order valence-electron chi connectivity index (χ4n) is 5.77. The molecule has 0 amide bonds. The van der Waals surface area contributed by atoms with Crippen LogP contribution in [0.3, 0.4) is 0 Å². The van der Waals surface area contributed by atoms with E-state index in [-0.39, 0.29) is 0 Å². The molecule has 0 spiro atoms. The highest BCUT2D eigenvalue weighted by Crippen LogP contribution is 2.41. The second-order valence-corrected chi connectivity index (χ2v) is 11.2. The van der Waals surface area contributed by atoms with Crippen LogP contribution in [0.4, 0.5) is 0 Å². The number of nitrogens with zero attached hydrogens (tertiary/aromatic N) is 2. The Morgan fingerprint density at radius 3 is 1.50 bits per heavy atom. The third-order valence-electron chi connectivity index (χ3n) is 7.96. The summed E-state index contributed by atoms with van der Waals surface area (Å²) in [6, 6.07) is 55.8. The van der Waals surface area contributed by atoms with Crippen molar-refractivity contribution >= 4 is 21.8 Å². The summed E-state index contributed by atoms with van der Waals surface area (Å²) >= 11 is 3.56. The minimum absolute atomic E-state index is 0.318. The zero-order valence-electron chi connectivity index (χ0n) is 24.2. The molecule has 5 heteroatoms. The van der Waals surface area contributed by atoms with Gasteiger partial charge in [0.2, 0.25) is 0 Å². The number of alkyl halides is 1. The Morgan fingerprint density at radius 1 is 0.568 bits per heavy atom. The SMILES string of the molecule is N/C(=N\N(N)C(c1ccccc1)(c1ccccc1)c1ccccc1)c1ccc(-c2ccccc2)cc1-c1ccc(CBr)cc1. The number of benzene rings is 6. The zero-order chi connectivity index (χ0) is 30.4. The average Bonchev–Trinajstić information content (AvgIpc) is 3.10. The Bertz CT molecular complexity index is 1740. The van der Waals surface area contributed by atoms with Crippen LogP contribution in [0, 0.1) is 0 Å². The number of halogens is 1. The first-order chi connectivity index (χ1) is 21.6. The molecule has 0 aliphatic heterocycles. The molecule has 0 bridgehead atoms. The van der Waals surface area contributed by atoms with Crippen molar-refractivity contribution in [2.45, 2.75) is 10.9 Å². The maximum atomic E-state index is 7.10. The van der Waals surface area contributed by atoms with E-state index in [1.165, 1.54) is 10.7 Å². The molecule has 4 nitrogen and oxygen atoms in total. The van der Waals surface area contributed by atoms with E-state index in [2.05, 4.69) is 101 Å². The van der Waals surface area contributed by atoms with Gasteiger partial charge in [-0.3, -0.25) is 0 Å². The number of hydrogen-bond acceptors (Lipinski definition) is 3. The van der Waals surface area contributed by atoms with E-state index >= 15 is 0 Å². The smallest absolute Gasteiger partial charge is 0.153 e. The maximum Gasteiger partial charge on any atom is 0.153 e. The molecule has 6 aromatic rings. The van der Waals surface area contributed by atoms with Crippen LogP contribution < -0.4 is 11.6 Å².